The second-order valence-corrected chi connectivity index (χ2v) is 15.3. The summed E-state index contributed by atoms with van der Waals surface area (Å²) in [4.78, 5) is 12.9. The van der Waals surface area contributed by atoms with Crippen LogP contribution in [0, 0.1) is 0 Å². The molecule has 308 valence electrons. The topological polar surface area (TPSA) is 169 Å². The van der Waals surface area contributed by atoms with Crippen LogP contribution in [0.2, 0.25) is 0 Å². The Morgan fingerprint density at radius 2 is 1.12 bits per heavy atom. The first kappa shape index (κ1) is 48.9. The number of aliphatic hydroxyl groups is 6. The largest absolute Gasteiger partial charge is 0.394 e. The third kappa shape index (κ3) is 23.6. The number of unbranched alkanes of at least 4 members (excludes halogenated alkanes) is 22. The zero-order chi connectivity index (χ0) is 38.2. The van der Waals surface area contributed by atoms with Crippen LogP contribution >= 0.6 is 0 Å². The van der Waals surface area contributed by atoms with Crippen molar-refractivity contribution in [2.24, 2.45) is 0 Å². The van der Waals surface area contributed by atoms with Gasteiger partial charge >= 0.3 is 0 Å². The quantitative estimate of drug-likeness (QED) is 0.0264. The fourth-order valence-corrected chi connectivity index (χ4v) is 6.90. The average Bonchev–Trinajstić information content (AvgIpc) is 3.14. The number of hydrogen-bond donors (Lipinski definition) is 7. The Kier molecular flexibility index (Phi) is 31.3. The van der Waals surface area contributed by atoms with Crippen LogP contribution in [0.4, 0.5) is 0 Å². The lowest BCUT2D eigenvalue weighted by Gasteiger charge is -2.40. The highest BCUT2D eigenvalue weighted by Gasteiger charge is 2.44. The summed E-state index contributed by atoms with van der Waals surface area (Å²) in [6, 6.07) is -0.989. The molecule has 0 aromatic carbocycles. The zero-order valence-electron chi connectivity index (χ0n) is 33.2. The van der Waals surface area contributed by atoms with E-state index in [1.54, 1.807) is 0 Å². The molecule has 0 aliphatic carbocycles. The molecule has 1 fully saturated rings. The Hall–Kier alpha value is -1.11. The second-order valence-electron chi connectivity index (χ2n) is 15.3. The first-order valence-electron chi connectivity index (χ1n) is 21.5. The summed E-state index contributed by atoms with van der Waals surface area (Å²) in [7, 11) is 0. The van der Waals surface area contributed by atoms with Crippen molar-refractivity contribution in [1.82, 2.24) is 5.32 Å². The molecule has 1 rings (SSSR count). The van der Waals surface area contributed by atoms with E-state index in [2.05, 4.69) is 31.3 Å². The molecule has 0 aromatic rings. The van der Waals surface area contributed by atoms with Crippen LogP contribution in [0.3, 0.4) is 0 Å². The number of allylic oxidation sites excluding steroid dienone is 2. The van der Waals surface area contributed by atoms with Gasteiger partial charge in [0, 0.05) is 6.42 Å². The van der Waals surface area contributed by atoms with Crippen LogP contribution in [0.1, 0.15) is 187 Å². The van der Waals surface area contributed by atoms with Gasteiger partial charge in [-0.15, -0.1) is 0 Å². The first-order valence-corrected chi connectivity index (χ1v) is 21.5. The third-order valence-electron chi connectivity index (χ3n) is 10.5. The minimum absolute atomic E-state index is 0.265. The van der Waals surface area contributed by atoms with E-state index in [0.29, 0.717) is 12.8 Å². The van der Waals surface area contributed by atoms with Crippen LogP contribution in [-0.4, -0.2) is 98.7 Å². The molecular weight excluding hydrogens is 662 g/mol. The standard InChI is InChI=1S/C42H81NO9/c1-3-5-7-9-11-13-15-17-18-19-21-23-25-27-29-31-37(46)43-34(33-51-42-41(50)40(49)39(48)36(32-44)52-42)38(47)35(45)30-28-26-24-22-20-16-14-12-10-8-6-4-2/h15,17,34-36,38-42,44-45,47-50H,3-14,16,18-33H2,1-2H3,(H,43,46)/b17-15+. The van der Waals surface area contributed by atoms with Crippen LogP contribution in [0.5, 0.6) is 0 Å². The van der Waals surface area contributed by atoms with Crippen molar-refractivity contribution in [1.29, 1.82) is 0 Å². The van der Waals surface area contributed by atoms with E-state index in [0.717, 1.165) is 51.4 Å². The minimum atomic E-state index is -1.60. The molecular formula is C42H81NO9. The number of aliphatic hydroxyl groups excluding tert-OH is 6. The van der Waals surface area contributed by atoms with Gasteiger partial charge in [0.1, 0.15) is 30.5 Å². The molecule has 52 heavy (non-hydrogen) atoms. The van der Waals surface area contributed by atoms with Crippen molar-refractivity contribution < 1.29 is 44.9 Å². The maximum Gasteiger partial charge on any atom is 0.220 e. The fraction of sp³-hybridized carbons (Fsp3) is 0.929. The molecule has 10 nitrogen and oxygen atoms in total. The Balaban J connectivity index is 2.44. The summed E-state index contributed by atoms with van der Waals surface area (Å²) in [5.74, 6) is -0.265. The van der Waals surface area contributed by atoms with Gasteiger partial charge in [0.05, 0.1) is 25.4 Å². The molecule has 1 saturated heterocycles. The fourth-order valence-electron chi connectivity index (χ4n) is 6.90. The van der Waals surface area contributed by atoms with Gasteiger partial charge in [0.25, 0.3) is 0 Å². The molecule has 0 spiro atoms. The van der Waals surface area contributed by atoms with Gasteiger partial charge in [0.2, 0.25) is 5.91 Å². The molecule has 8 atom stereocenters. The van der Waals surface area contributed by atoms with Gasteiger partial charge in [-0.25, -0.2) is 0 Å². The molecule has 0 saturated carbocycles. The van der Waals surface area contributed by atoms with Gasteiger partial charge < -0.3 is 45.4 Å². The van der Waals surface area contributed by atoms with E-state index in [1.165, 1.54) is 103 Å². The molecule has 0 bridgehead atoms. The molecule has 7 N–H and O–H groups in total. The summed E-state index contributed by atoms with van der Waals surface area (Å²) >= 11 is 0. The van der Waals surface area contributed by atoms with Crippen LogP contribution in [0.15, 0.2) is 12.2 Å². The zero-order valence-corrected chi connectivity index (χ0v) is 33.2. The summed E-state index contributed by atoms with van der Waals surface area (Å²) < 4.78 is 11.1. The molecule has 1 heterocycles. The van der Waals surface area contributed by atoms with Crippen molar-refractivity contribution in [3.05, 3.63) is 12.2 Å². The number of carbonyl (C=O) groups excluding carboxylic acids is 1. The number of amides is 1. The van der Waals surface area contributed by atoms with Gasteiger partial charge in [0.15, 0.2) is 6.29 Å². The maximum atomic E-state index is 12.9. The van der Waals surface area contributed by atoms with Crippen LogP contribution in [0.25, 0.3) is 0 Å². The highest BCUT2D eigenvalue weighted by atomic mass is 16.7. The Bertz CT molecular complexity index is 844. The first-order chi connectivity index (χ1) is 25.3. The maximum absolute atomic E-state index is 12.9. The molecule has 1 amide bonds. The Morgan fingerprint density at radius 3 is 1.62 bits per heavy atom. The lowest BCUT2D eigenvalue weighted by atomic mass is 9.98. The molecule has 1 aliphatic rings. The molecule has 0 radical (unpaired) electrons. The smallest absolute Gasteiger partial charge is 0.220 e. The monoisotopic (exact) mass is 744 g/mol. The van der Waals surface area contributed by atoms with Gasteiger partial charge in [-0.2, -0.15) is 0 Å². The third-order valence-corrected chi connectivity index (χ3v) is 10.5. The summed E-state index contributed by atoms with van der Waals surface area (Å²) in [5.41, 5.74) is 0. The highest BCUT2D eigenvalue weighted by Crippen LogP contribution is 2.23. The molecule has 1 aliphatic heterocycles. The number of hydrogen-bond acceptors (Lipinski definition) is 9. The van der Waals surface area contributed by atoms with E-state index in [1.807, 2.05) is 0 Å². The van der Waals surface area contributed by atoms with E-state index < -0.39 is 55.6 Å². The Morgan fingerprint density at radius 1 is 0.654 bits per heavy atom. The molecule has 10 heteroatoms. The van der Waals surface area contributed by atoms with E-state index in [9.17, 15) is 35.4 Å². The van der Waals surface area contributed by atoms with Crippen molar-refractivity contribution in [3.63, 3.8) is 0 Å². The predicted molar refractivity (Wildman–Crippen MR) is 209 cm³/mol. The summed E-state index contributed by atoms with van der Waals surface area (Å²) in [6.45, 7) is 3.57. The van der Waals surface area contributed by atoms with E-state index in [4.69, 9.17) is 9.47 Å². The van der Waals surface area contributed by atoms with Gasteiger partial charge in [-0.3, -0.25) is 4.79 Å². The van der Waals surface area contributed by atoms with E-state index >= 15 is 0 Å². The lowest BCUT2D eigenvalue weighted by molar-refractivity contribution is -0.303. The second kappa shape index (κ2) is 33.2. The average molecular weight is 744 g/mol. The predicted octanol–water partition coefficient (Wildman–Crippen LogP) is 7.14. The number of rotatable bonds is 35. The number of ether oxygens (including phenoxy) is 2. The minimum Gasteiger partial charge on any atom is -0.394 e. The molecule has 8 unspecified atom stereocenters. The van der Waals surface area contributed by atoms with Crippen molar-refractivity contribution in [3.8, 4) is 0 Å². The van der Waals surface area contributed by atoms with Crippen molar-refractivity contribution in [2.75, 3.05) is 13.2 Å². The molecule has 0 aromatic heterocycles. The van der Waals surface area contributed by atoms with Crippen molar-refractivity contribution in [2.45, 2.75) is 236 Å². The van der Waals surface area contributed by atoms with E-state index in [-0.39, 0.29) is 18.9 Å². The lowest BCUT2D eigenvalue weighted by Crippen LogP contribution is -2.60. The highest BCUT2D eigenvalue weighted by molar-refractivity contribution is 5.76. The normalized spacial score (nSPS) is 22.5. The summed E-state index contributed by atoms with van der Waals surface area (Å²) in [5, 5.41) is 65.0. The number of nitrogens with one attached hydrogen (secondary N) is 1. The van der Waals surface area contributed by atoms with Crippen molar-refractivity contribution >= 4 is 5.91 Å². The number of carbonyl (C=O) groups is 1. The SMILES string of the molecule is CCCCCCC/C=C/CCCCCCCCC(=O)NC(COC1OC(CO)C(O)C(O)C1O)C(O)C(O)CCCCCCCCCCCCCC. The van der Waals surface area contributed by atoms with Gasteiger partial charge in [-0.1, -0.05) is 154 Å². The summed E-state index contributed by atoms with van der Waals surface area (Å²) in [6.07, 6.45) is 25.0. The van der Waals surface area contributed by atoms with Gasteiger partial charge in [-0.05, 0) is 38.5 Å². The Labute approximate surface area is 317 Å². The van der Waals surface area contributed by atoms with Crippen LogP contribution in [-0.2, 0) is 14.3 Å². The van der Waals surface area contributed by atoms with Crippen LogP contribution < -0.4 is 5.32 Å².